The number of unbranched alkanes of at least 4 members (excludes halogenated alkanes) is 19. The van der Waals surface area contributed by atoms with E-state index >= 15 is 0 Å². The fourth-order valence-electron chi connectivity index (χ4n) is 4.80. The van der Waals surface area contributed by atoms with E-state index in [4.69, 9.17) is 9.47 Å². The molecule has 0 amide bonds. The SMILES string of the molecule is CCCCCCCCCCCCCCCCCC(=O)O[C@@H](CO)COC(=O)CCCCCCCCC(C)C. The lowest BCUT2D eigenvalue weighted by Crippen LogP contribution is -2.28. The van der Waals surface area contributed by atoms with Crippen molar-refractivity contribution < 1.29 is 24.2 Å². The summed E-state index contributed by atoms with van der Waals surface area (Å²) in [5, 5.41) is 9.47. The summed E-state index contributed by atoms with van der Waals surface area (Å²) in [6.45, 7) is 6.40. The zero-order valence-electron chi connectivity index (χ0n) is 25.6. The van der Waals surface area contributed by atoms with Crippen LogP contribution in [-0.4, -0.2) is 36.4 Å². The van der Waals surface area contributed by atoms with Gasteiger partial charge in [0, 0.05) is 12.8 Å². The molecule has 0 aliphatic heterocycles. The summed E-state index contributed by atoms with van der Waals surface area (Å²) in [6, 6.07) is 0. The molecule has 5 heteroatoms. The predicted molar refractivity (Wildman–Crippen MR) is 159 cm³/mol. The van der Waals surface area contributed by atoms with Gasteiger partial charge >= 0.3 is 11.9 Å². The number of aliphatic hydroxyl groups is 1. The maximum atomic E-state index is 12.1. The van der Waals surface area contributed by atoms with E-state index in [0.29, 0.717) is 12.8 Å². The molecule has 1 N–H and O–H groups in total. The van der Waals surface area contributed by atoms with Crippen LogP contribution in [0, 0.1) is 5.92 Å². The third-order valence-electron chi connectivity index (χ3n) is 7.33. The molecule has 1 atom stereocenters. The van der Waals surface area contributed by atoms with Gasteiger partial charge in [-0.2, -0.15) is 0 Å². The van der Waals surface area contributed by atoms with Crippen molar-refractivity contribution in [2.75, 3.05) is 13.2 Å². The highest BCUT2D eigenvalue weighted by molar-refractivity contribution is 5.70. The Labute approximate surface area is 236 Å². The van der Waals surface area contributed by atoms with Crippen molar-refractivity contribution in [1.82, 2.24) is 0 Å². The molecule has 0 fully saturated rings. The van der Waals surface area contributed by atoms with Gasteiger partial charge in [0.25, 0.3) is 0 Å². The standard InChI is InChI=1S/C33H64O5/c1-4-5-6-7-8-9-10-11-12-13-14-15-16-21-24-27-33(36)38-31(28-34)29-37-32(35)26-23-20-18-17-19-22-25-30(2)3/h30-31,34H,4-29H2,1-3H3/t31-/m0/s1. The van der Waals surface area contributed by atoms with Crippen LogP contribution < -0.4 is 0 Å². The molecule has 5 nitrogen and oxygen atoms in total. The highest BCUT2D eigenvalue weighted by Crippen LogP contribution is 2.15. The van der Waals surface area contributed by atoms with E-state index in [9.17, 15) is 14.7 Å². The Hall–Kier alpha value is -1.10. The molecule has 0 spiro atoms. The van der Waals surface area contributed by atoms with Gasteiger partial charge in [-0.15, -0.1) is 0 Å². The third kappa shape index (κ3) is 27.9. The number of carbonyl (C=O) groups excluding carboxylic acids is 2. The molecule has 0 heterocycles. The lowest BCUT2D eigenvalue weighted by atomic mass is 10.0. The number of hydrogen-bond acceptors (Lipinski definition) is 5. The quantitative estimate of drug-likeness (QED) is 0.0755. The molecule has 0 aromatic rings. The van der Waals surface area contributed by atoms with Crippen molar-refractivity contribution >= 4 is 11.9 Å². The fourth-order valence-corrected chi connectivity index (χ4v) is 4.80. The first-order chi connectivity index (χ1) is 18.5. The monoisotopic (exact) mass is 540 g/mol. The third-order valence-corrected chi connectivity index (χ3v) is 7.33. The zero-order valence-corrected chi connectivity index (χ0v) is 25.6. The maximum absolute atomic E-state index is 12.1. The Morgan fingerprint density at radius 2 is 0.974 bits per heavy atom. The van der Waals surface area contributed by atoms with Crippen LogP contribution in [0.1, 0.15) is 175 Å². The van der Waals surface area contributed by atoms with Crippen LogP contribution in [-0.2, 0) is 19.1 Å². The molecule has 0 aromatic heterocycles. The maximum Gasteiger partial charge on any atom is 0.306 e. The number of ether oxygens (including phenoxy) is 2. The molecule has 226 valence electrons. The molecule has 0 aromatic carbocycles. The summed E-state index contributed by atoms with van der Waals surface area (Å²) in [5.74, 6) is 0.190. The minimum atomic E-state index is -0.760. The van der Waals surface area contributed by atoms with E-state index in [1.807, 2.05) is 0 Å². The largest absolute Gasteiger partial charge is 0.462 e. The second-order valence-electron chi connectivity index (χ2n) is 11.7. The van der Waals surface area contributed by atoms with Crippen molar-refractivity contribution in [3.8, 4) is 0 Å². The molecule has 0 bridgehead atoms. The minimum Gasteiger partial charge on any atom is -0.462 e. The van der Waals surface area contributed by atoms with Crippen LogP contribution in [0.15, 0.2) is 0 Å². The Morgan fingerprint density at radius 3 is 1.39 bits per heavy atom. The van der Waals surface area contributed by atoms with Crippen LogP contribution >= 0.6 is 0 Å². The lowest BCUT2D eigenvalue weighted by Gasteiger charge is -2.15. The number of esters is 2. The average Bonchev–Trinajstić information content (AvgIpc) is 2.90. The van der Waals surface area contributed by atoms with Gasteiger partial charge in [0.1, 0.15) is 6.61 Å². The summed E-state index contributed by atoms with van der Waals surface area (Å²) in [5.41, 5.74) is 0. The molecule has 0 saturated carbocycles. The van der Waals surface area contributed by atoms with Gasteiger partial charge in [-0.05, 0) is 18.8 Å². The zero-order chi connectivity index (χ0) is 28.1. The fraction of sp³-hybridized carbons (Fsp3) is 0.939. The van der Waals surface area contributed by atoms with Gasteiger partial charge in [-0.1, -0.05) is 149 Å². The van der Waals surface area contributed by atoms with Gasteiger partial charge in [0.05, 0.1) is 6.61 Å². The molecule has 38 heavy (non-hydrogen) atoms. The number of carbonyl (C=O) groups is 2. The van der Waals surface area contributed by atoms with E-state index in [1.54, 1.807) is 0 Å². The van der Waals surface area contributed by atoms with Gasteiger partial charge < -0.3 is 14.6 Å². The molecular weight excluding hydrogens is 476 g/mol. The van der Waals surface area contributed by atoms with Gasteiger partial charge in [0.15, 0.2) is 6.10 Å². The van der Waals surface area contributed by atoms with Gasteiger partial charge in [0.2, 0.25) is 0 Å². The predicted octanol–water partition coefficient (Wildman–Crippen LogP) is 9.47. The molecule has 0 unspecified atom stereocenters. The summed E-state index contributed by atoms with van der Waals surface area (Å²) < 4.78 is 10.5. The summed E-state index contributed by atoms with van der Waals surface area (Å²) >= 11 is 0. The molecular formula is C33H64O5. The van der Waals surface area contributed by atoms with Crippen molar-refractivity contribution in [3.63, 3.8) is 0 Å². The van der Waals surface area contributed by atoms with Crippen LogP contribution in [0.25, 0.3) is 0 Å². The second-order valence-corrected chi connectivity index (χ2v) is 11.7. The molecule has 0 rings (SSSR count). The smallest absolute Gasteiger partial charge is 0.306 e. The highest BCUT2D eigenvalue weighted by atomic mass is 16.6. The Balaban J connectivity index is 3.54. The Kier molecular flexibility index (Phi) is 28.1. The van der Waals surface area contributed by atoms with Crippen molar-refractivity contribution in [1.29, 1.82) is 0 Å². The first-order valence-electron chi connectivity index (χ1n) is 16.5. The Morgan fingerprint density at radius 1 is 0.579 bits per heavy atom. The number of rotatable bonds is 29. The van der Waals surface area contributed by atoms with E-state index < -0.39 is 6.10 Å². The van der Waals surface area contributed by atoms with Gasteiger partial charge in [-0.3, -0.25) is 9.59 Å². The van der Waals surface area contributed by atoms with E-state index in [-0.39, 0.29) is 25.2 Å². The minimum absolute atomic E-state index is 0.0604. The van der Waals surface area contributed by atoms with E-state index in [1.165, 1.54) is 103 Å². The topological polar surface area (TPSA) is 72.8 Å². The number of hydrogen-bond donors (Lipinski definition) is 1. The average molecular weight is 541 g/mol. The van der Waals surface area contributed by atoms with E-state index in [2.05, 4.69) is 20.8 Å². The van der Waals surface area contributed by atoms with Crippen LogP contribution in [0.4, 0.5) is 0 Å². The number of aliphatic hydroxyl groups excluding tert-OH is 1. The molecule has 0 saturated heterocycles. The molecule has 0 radical (unpaired) electrons. The summed E-state index contributed by atoms with van der Waals surface area (Å²) in [7, 11) is 0. The highest BCUT2D eigenvalue weighted by Gasteiger charge is 2.16. The van der Waals surface area contributed by atoms with Crippen molar-refractivity contribution in [2.45, 2.75) is 181 Å². The Bertz CT molecular complexity index is 520. The van der Waals surface area contributed by atoms with E-state index in [0.717, 1.165) is 44.4 Å². The van der Waals surface area contributed by atoms with Crippen LogP contribution in [0.5, 0.6) is 0 Å². The first kappa shape index (κ1) is 36.9. The van der Waals surface area contributed by atoms with Gasteiger partial charge in [-0.25, -0.2) is 0 Å². The molecule has 0 aliphatic carbocycles. The second kappa shape index (κ2) is 28.9. The van der Waals surface area contributed by atoms with Crippen molar-refractivity contribution in [2.24, 2.45) is 5.92 Å². The summed E-state index contributed by atoms with van der Waals surface area (Å²) in [4.78, 5) is 24.0. The van der Waals surface area contributed by atoms with Crippen LogP contribution in [0.2, 0.25) is 0 Å². The van der Waals surface area contributed by atoms with Crippen molar-refractivity contribution in [3.05, 3.63) is 0 Å². The lowest BCUT2D eigenvalue weighted by molar-refractivity contribution is -0.161. The first-order valence-corrected chi connectivity index (χ1v) is 16.5. The van der Waals surface area contributed by atoms with Crippen LogP contribution in [0.3, 0.4) is 0 Å². The summed E-state index contributed by atoms with van der Waals surface area (Å²) in [6.07, 6.45) is 27.4. The normalized spacial score (nSPS) is 12.1. The molecule has 0 aliphatic rings.